The lowest BCUT2D eigenvalue weighted by molar-refractivity contribution is 0.111. The Morgan fingerprint density at radius 3 is 1.52 bits per heavy atom. The maximum atomic E-state index is 11.3. The highest BCUT2D eigenvalue weighted by Crippen LogP contribution is 2.46. The summed E-state index contributed by atoms with van der Waals surface area (Å²) in [6.07, 6.45) is 4.65. The summed E-state index contributed by atoms with van der Waals surface area (Å²) >= 11 is 0. The van der Waals surface area contributed by atoms with Crippen molar-refractivity contribution in [1.82, 2.24) is 9.80 Å². The predicted octanol–water partition coefficient (Wildman–Crippen LogP) is 6.04. The van der Waals surface area contributed by atoms with E-state index in [1.165, 1.54) is 38.9 Å². The topological polar surface area (TPSA) is 99.2 Å². The third-order valence-corrected chi connectivity index (χ3v) is 11.3. The minimum atomic E-state index is -0.000289. The van der Waals surface area contributed by atoms with E-state index in [9.17, 15) is 9.90 Å². The van der Waals surface area contributed by atoms with Gasteiger partial charge in [-0.2, -0.15) is 0 Å². The van der Waals surface area contributed by atoms with Crippen LogP contribution in [0.5, 0.6) is 34.5 Å². The Morgan fingerprint density at radius 2 is 1.08 bits per heavy atom. The first-order valence-corrected chi connectivity index (χ1v) is 17.8. The molecule has 0 fully saturated rings. The second-order valence-corrected chi connectivity index (χ2v) is 13.7. The molecule has 4 aromatic carbocycles. The van der Waals surface area contributed by atoms with Gasteiger partial charge in [0.15, 0.2) is 29.3 Å². The number of methoxy groups -OCH3 is 6. The average Bonchev–Trinajstić information content (AvgIpc) is 3.20. The molecule has 4 aliphatic rings. The van der Waals surface area contributed by atoms with Gasteiger partial charge in [0.05, 0.1) is 54.8 Å². The summed E-state index contributed by atoms with van der Waals surface area (Å²) in [5, 5.41) is 9.60. The lowest BCUT2D eigenvalue weighted by Crippen LogP contribution is -2.39. The first kappa shape index (κ1) is 35.6. The molecule has 0 saturated carbocycles. The molecule has 0 saturated heterocycles. The Morgan fingerprint density at radius 1 is 0.615 bits per heavy atom. The predicted molar refractivity (Wildman–Crippen MR) is 198 cm³/mol. The lowest BCUT2D eigenvalue weighted by atomic mass is 9.83. The molecule has 0 radical (unpaired) electrons. The number of hydrogen-bond donors (Lipinski definition) is 1. The molecule has 10 nitrogen and oxygen atoms in total. The molecule has 0 aromatic heterocycles. The van der Waals surface area contributed by atoms with Crippen molar-refractivity contribution in [2.75, 3.05) is 55.7 Å². The fraction of sp³-hybridized carbons (Fsp3) is 0.405. The molecule has 0 spiro atoms. The first-order valence-electron chi connectivity index (χ1n) is 17.8. The number of carbonyl (C=O) groups excluding carboxylic acids is 1. The van der Waals surface area contributed by atoms with E-state index in [4.69, 9.17) is 28.4 Å². The highest BCUT2D eigenvalue weighted by Gasteiger charge is 2.36. The third-order valence-electron chi connectivity index (χ3n) is 11.3. The van der Waals surface area contributed by atoms with Crippen LogP contribution in [0.1, 0.15) is 72.5 Å². The van der Waals surface area contributed by atoms with E-state index in [-0.39, 0.29) is 6.61 Å². The summed E-state index contributed by atoms with van der Waals surface area (Å²) in [4.78, 5) is 16.3. The highest BCUT2D eigenvalue weighted by atomic mass is 16.5. The van der Waals surface area contributed by atoms with Crippen LogP contribution in [-0.4, -0.2) is 76.9 Å². The number of rotatable bonds is 8. The number of carbonyl (C=O) groups is 1. The van der Waals surface area contributed by atoms with Crippen molar-refractivity contribution in [2.45, 2.75) is 57.5 Å². The second kappa shape index (κ2) is 15.1. The van der Waals surface area contributed by atoms with Crippen molar-refractivity contribution in [3.05, 3.63) is 104 Å². The Hall–Kier alpha value is -4.77. The van der Waals surface area contributed by atoms with Crippen LogP contribution in [0.2, 0.25) is 0 Å². The van der Waals surface area contributed by atoms with Gasteiger partial charge >= 0.3 is 0 Å². The molecule has 4 aliphatic heterocycles. The standard InChI is InChI=1S/C21H25NO4.C21H23NO4/c2*1-24-19-9-14-6-7-22-11-17-13(4-5-15(12-23)21(17)26-3)8-18(22)16(14)10-20(19)25-2/h4-5,9-10,18,23H,6-8,11-12H2,1-3H3;4-5,9-10,12,18H,6-8,11H2,1-3H3/t2*18-/m00/s1. The average molecular weight is 709 g/mol. The summed E-state index contributed by atoms with van der Waals surface area (Å²) in [7, 11) is 10.0. The number of nitrogens with zero attached hydrogens (tertiary/aromatic N) is 2. The van der Waals surface area contributed by atoms with Crippen molar-refractivity contribution in [3.8, 4) is 34.5 Å². The molecule has 4 heterocycles. The van der Waals surface area contributed by atoms with Crippen LogP contribution in [0, 0.1) is 0 Å². The minimum absolute atomic E-state index is 0.000289. The molecule has 10 heteroatoms. The maximum absolute atomic E-state index is 11.3. The van der Waals surface area contributed by atoms with Gasteiger partial charge in [-0.15, -0.1) is 0 Å². The largest absolute Gasteiger partial charge is 0.496 e. The SMILES string of the molecule is COc1cc2c(cc1OC)[C@@H]1Cc3ccc(C=O)c(OC)c3CN1CC2.COc1cc2c(cc1OC)[C@@H]1Cc3ccc(CO)c(OC)c3CN1CC2. The van der Waals surface area contributed by atoms with Crippen LogP contribution >= 0.6 is 0 Å². The summed E-state index contributed by atoms with van der Waals surface area (Å²) in [5.74, 6) is 4.69. The molecule has 274 valence electrons. The smallest absolute Gasteiger partial charge is 0.161 e. The molecule has 1 N–H and O–H groups in total. The molecule has 0 amide bonds. The second-order valence-electron chi connectivity index (χ2n) is 13.7. The van der Waals surface area contributed by atoms with E-state index in [0.29, 0.717) is 23.4 Å². The zero-order valence-corrected chi connectivity index (χ0v) is 30.9. The van der Waals surface area contributed by atoms with Crippen LogP contribution < -0.4 is 28.4 Å². The molecule has 0 unspecified atom stereocenters. The van der Waals surface area contributed by atoms with Crippen LogP contribution in [0.4, 0.5) is 0 Å². The fourth-order valence-electron chi connectivity index (χ4n) is 8.69. The third kappa shape index (κ3) is 6.22. The van der Waals surface area contributed by atoms with Gasteiger partial charge in [0.25, 0.3) is 0 Å². The summed E-state index contributed by atoms with van der Waals surface area (Å²) in [6.45, 7) is 3.60. The van der Waals surface area contributed by atoms with Crippen molar-refractivity contribution >= 4 is 6.29 Å². The molecular weight excluding hydrogens is 660 g/mol. The van der Waals surface area contributed by atoms with Crippen molar-refractivity contribution in [1.29, 1.82) is 0 Å². The summed E-state index contributed by atoms with van der Waals surface area (Å²) in [6, 6.07) is 17.2. The van der Waals surface area contributed by atoms with Gasteiger partial charge in [-0.3, -0.25) is 14.6 Å². The number of aldehydes is 1. The van der Waals surface area contributed by atoms with Gasteiger partial charge in [-0.1, -0.05) is 18.2 Å². The van der Waals surface area contributed by atoms with E-state index < -0.39 is 0 Å². The number of benzene rings is 4. The first-order chi connectivity index (χ1) is 25.4. The highest BCUT2D eigenvalue weighted by molar-refractivity contribution is 5.81. The zero-order valence-electron chi connectivity index (χ0n) is 30.9. The van der Waals surface area contributed by atoms with E-state index in [0.717, 1.165) is 98.0 Å². The Kier molecular flexibility index (Phi) is 10.3. The van der Waals surface area contributed by atoms with Crippen molar-refractivity contribution in [3.63, 3.8) is 0 Å². The van der Waals surface area contributed by atoms with Crippen molar-refractivity contribution < 1.29 is 38.3 Å². The monoisotopic (exact) mass is 708 g/mol. The summed E-state index contributed by atoms with van der Waals surface area (Å²) in [5.41, 5.74) is 11.6. The van der Waals surface area contributed by atoms with Crippen LogP contribution in [0.15, 0.2) is 48.5 Å². The lowest BCUT2D eigenvalue weighted by Gasteiger charge is -2.42. The zero-order chi connectivity index (χ0) is 36.5. The molecule has 4 aromatic rings. The molecule has 8 rings (SSSR count). The van der Waals surface area contributed by atoms with E-state index in [1.54, 1.807) is 42.7 Å². The molecule has 2 atom stereocenters. The molecule has 0 bridgehead atoms. The Bertz CT molecular complexity index is 1980. The van der Waals surface area contributed by atoms with Gasteiger partial charge in [-0.05, 0) is 89.4 Å². The Labute approximate surface area is 305 Å². The quantitative estimate of drug-likeness (QED) is 0.218. The fourth-order valence-corrected chi connectivity index (χ4v) is 8.69. The van der Waals surface area contributed by atoms with Gasteiger partial charge < -0.3 is 33.5 Å². The van der Waals surface area contributed by atoms with Gasteiger partial charge in [0, 0.05) is 55.0 Å². The van der Waals surface area contributed by atoms with Crippen LogP contribution in [-0.2, 0) is 45.4 Å². The number of aliphatic hydroxyl groups excluding tert-OH is 1. The van der Waals surface area contributed by atoms with Crippen LogP contribution in [0.3, 0.4) is 0 Å². The van der Waals surface area contributed by atoms with E-state index in [1.807, 2.05) is 12.1 Å². The normalized spacial score (nSPS) is 18.4. The van der Waals surface area contributed by atoms with Gasteiger partial charge in [0.2, 0.25) is 0 Å². The maximum Gasteiger partial charge on any atom is 0.161 e. The number of fused-ring (bicyclic) bond motifs is 8. The molecular formula is C42H48N2O8. The number of aliphatic hydroxyl groups is 1. The van der Waals surface area contributed by atoms with Crippen molar-refractivity contribution in [2.24, 2.45) is 0 Å². The van der Waals surface area contributed by atoms with Gasteiger partial charge in [0.1, 0.15) is 11.5 Å². The number of ether oxygens (including phenoxy) is 6. The molecule has 52 heavy (non-hydrogen) atoms. The Balaban J connectivity index is 0.000000162. The van der Waals surface area contributed by atoms with Crippen LogP contribution in [0.25, 0.3) is 0 Å². The summed E-state index contributed by atoms with van der Waals surface area (Å²) < 4.78 is 33.2. The molecule has 0 aliphatic carbocycles. The minimum Gasteiger partial charge on any atom is -0.496 e. The van der Waals surface area contributed by atoms with E-state index in [2.05, 4.69) is 46.2 Å². The number of hydrogen-bond acceptors (Lipinski definition) is 10. The van der Waals surface area contributed by atoms with E-state index >= 15 is 0 Å². The van der Waals surface area contributed by atoms with Gasteiger partial charge in [-0.25, -0.2) is 0 Å².